The Labute approximate surface area is 103 Å². The van der Waals surface area contributed by atoms with Crippen molar-refractivity contribution in [3.8, 4) is 0 Å². The fourth-order valence-corrected chi connectivity index (χ4v) is 2.02. The maximum Gasteiger partial charge on any atom is 0.128 e. The van der Waals surface area contributed by atoms with Gasteiger partial charge in [-0.1, -0.05) is 25.4 Å². The number of anilines is 1. The highest BCUT2D eigenvalue weighted by Crippen LogP contribution is 2.22. The number of hydrogen-bond acceptors (Lipinski definition) is 3. The lowest BCUT2D eigenvalue weighted by Crippen LogP contribution is -2.31. The summed E-state index contributed by atoms with van der Waals surface area (Å²) >= 11 is 5.99. The zero-order valence-corrected chi connectivity index (χ0v) is 11.0. The van der Waals surface area contributed by atoms with Crippen LogP contribution in [-0.4, -0.2) is 18.1 Å². The van der Waals surface area contributed by atoms with Crippen molar-refractivity contribution in [2.45, 2.75) is 39.3 Å². The summed E-state index contributed by atoms with van der Waals surface area (Å²) in [5.74, 6) is 0.943. The van der Waals surface area contributed by atoms with Crippen LogP contribution in [0.3, 0.4) is 0 Å². The number of hydrogen-bond donors (Lipinski definition) is 1. The molecule has 90 valence electrons. The van der Waals surface area contributed by atoms with Gasteiger partial charge >= 0.3 is 0 Å². The van der Waals surface area contributed by atoms with Gasteiger partial charge < -0.3 is 10.6 Å². The van der Waals surface area contributed by atoms with Gasteiger partial charge in [0.05, 0.1) is 5.02 Å². The molecule has 0 atom stereocenters. The topological polar surface area (TPSA) is 42.1 Å². The molecule has 0 aliphatic heterocycles. The van der Waals surface area contributed by atoms with Crippen molar-refractivity contribution < 1.29 is 0 Å². The second-order valence-corrected chi connectivity index (χ2v) is 4.33. The maximum absolute atomic E-state index is 5.99. The molecule has 1 heterocycles. The molecule has 0 aromatic carbocycles. The minimum absolute atomic E-state index is 0.450. The molecule has 1 aromatic rings. The van der Waals surface area contributed by atoms with Crippen LogP contribution in [0.2, 0.25) is 5.02 Å². The summed E-state index contributed by atoms with van der Waals surface area (Å²) in [4.78, 5) is 6.53. The monoisotopic (exact) mass is 241 g/mol. The maximum atomic E-state index is 5.99. The van der Waals surface area contributed by atoms with Crippen LogP contribution >= 0.6 is 11.6 Å². The van der Waals surface area contributed by atoms with Gasteiger partial charge in [0.25, 0.3) is 0 Å². The lowest BCUT2D eigenvalue weighted by atomic mass is 10.1. The Hall–Kier alpha value is -0.800. The molecule has 0 fully saturated rings. The van der Waals surface area contributed by atoms with E-state index in [2.05, 4.69) is 30.8 Å². The van der Waals surface area contributed by atoms with E-state index >= 15 is 0 Å². The molecule has 2 N–H and O–H groups in total. The van der Waals surface area contributed by atoms with Gasteiger partial charge in [-0.25, -0.2) is 4.98 Å². The Morgan fingerprint density at radius 2 is 2.06 bits per heavy atom. The largest absolute Gasteiger partial charge is 0.357 e. The number of nitrogens with zero attached hydrogens (tertiary/aromatic N) is 2. The van der Waals surface area contributed by atoms with E-state index in [4.69, 9.17) is 17.3 Å². The molecular formula is C12H20ClN3. The van der Waals surface area contributed by atoms with Crippen molar-refractivity contribution in [1.82, 2.24) is 4.98 Å². The predicted octanol–water partition coefficient (Wildman–Crippen LogP) is 2.82. The Morgan fingerprint density at radius 1 is 1.44 bits per heavy atom. The summed E-state index contributed by atoms with van der Waals surface area (Å²) < 4.78 is 0. The highest BCUT2D eigenvalue weighted by Gasteiger charge is 2.13. The standard InChI is InChI=1S/C12H20ClN3/c1-4-10(5-2)16(3)12-6-9(7-14)11(13)8-15-12/h6,8,10H,4-5,7,14H2,1-3H3. The number of nitrogens with two attached hydrogens (primary N) is 1. The zero-order valence-electron chi connectivity index (χ0n) is 10.2. The molecule has 0 saturated carbocycles. The van der Waals surface area contributed by atoms with Gasteiger partial charge in [0.15, 0.2) is 0 Å². The molecular weight excluding hydrogens is 222 g/mol. The van der Waals surface area contributed by atoms with Gasteiger partial charge in [0.1, 0.15) is 5.82 Å². The van der Waals surface area contributed by atoms with E-state index < -0.39 is 0 Å². The second kappa shape index (κ2) is 6.06. The minimum Gasteiger partial charge on any atom is -0.357 e. The molecule has 0 radical (unpaired) electrons. The van der Waals surface area contributed by atoms with E-state index in [9.17, 15) is 0 Å². The van der Waals surface area contributed by atoms with E-state index in [1.54, 1.807) is 6.20 Å². The third-order valence-corrected chi connectivity index (χ3v) is 3.33. The number of pyridine rings is 1. The highest BCUT2D eigenvalue weighted by molar-refractivity contribution is 6.31. The molecule has 1 rings (SSSR count). The van der Waals surface area contributed by atoms with Crippen molar-refractivity contribution in [1.29, 1.82) is 0 Å². The summed E-state index contributed by atoms with van der Waals surface area (Å²) in [7, 11) is 2.06. The number of halogens is 1. The van der Waals surface area contributed by atoms with Gasteiger partial charge in [0, 0.05) is 25.8 Å². The summed E-state index contributed by atoms with van der Waals surface area (Å²) in [6.07, 6.45) is 3.89. The predicted molar refractivity (Wildman–Crippen MR) is 69.9 cm³/mol. The Balaban J connectivity index is 2.95. The summed E-state index contributed by atoms with van der Waals surface area (Å²) in [5.41, 5.74) is 6.58. The van der Waals surface area contributed by atoms with Gasteiger partial charge in [0.2, 0.25) is 0 Å². The fourth-order valence-electron chi connectivity index (χ4n) is 1.84. The van der Waals surface area contributed by atoms with Gasteiger partial charge in [-0.3, -0.25) is 0 Å². The van der Waals surface area contributed by atoms with Crippen LogP contribution in [0.1, 0.15) is 32.3 Å². The van der Waals surface area contributed by atoms with E-state index in [-0.39, 0.29) is 0 Å². The average molecular weight is 242 g/mol. The highest BCUT2D eigenvalue weighted by atomic mass is 35.5. The van der Waals surface area contributed by atoms with Crippen LogP contribution in [0, 0.1) is 0 Å². The number of aromatic nitrogens is 1. The Bertz CT molecular complexity index is 337. The quantitative estimate of drug-likeness (QED) is 0.862. The van der Waals surface area contributed by atoms with Crippen molar-refractivity contribution in [2.24, 2.45) is 5.73 Å². The summed E-state index contributed by atoms with van der Waals surface area (Å²) in [6, 6.07) is 2.49. The lowest BCUT2D eigenvalue weighted by molar-refractivity contribution is 0.586. The molecule has 4 heteroatoms. The van der Waals surface area contributed by atoms with Crippen LogP contribution in [0.5, 0.6) is 0 Å². The third-order valence-electron chi connectivity index (χ3n) is 2.99. The smallest absolute Gasteiger partial charge is 0.128 e. The average Bonchev–Trinajstić information content (AvgIpc) is 2.31. The van der Waals surface area contributed by atoms with Crippen LogP contribution in [0.15, 0.2) is 12.3 Å². The first-order chi connectivity index (χ1) is 7.63. The molecule has 0 aliphatic rings. The van der Waals surface area contributed by atoms with Gasteiger partial charge in [-0.05, 0) is 24.5 Å². The molecule has 1 aromatic heterocycles. The molecule has 16 heavy (non-hydrogen) atoms. The normalized spacial score (nSPS) is 10.9. The zero-order chi connectivity index (χ0) is 12.1. The minimum atomic E-state index is 0.450. The van der Waals surface area contributed by atoms with E-state index in [0.717, 1.165) is 24.2 Å². The third kappa shape index (κ3) is 2.86. The van der Waals surface area contributed by atoms with Gasteiger partial charge in [-0.15, -0.1) is 0 Å². The van der Waals surface area contributed by atoms with Crippen LogP contribution in [-0.2, 0) is 6.54 Å². The van der Waals surface area contributed by atoms with Crippen molar-refractivity contribution >= 4 is 17.4 Å². The number of rotatable bonds is 5. The van der Waals surface area contributed by atoms with Crippen molar-refractivity contribution in [3.63, 3.8) is 0 Å². The fraction of sp³-hybridized carbons (Fsp3) is 0.583. The Kier molecular flexibility index (Phi) is 5.03. The lowest BCUT2D eigenvalue weighted by Gasteiger charge is -2.27. The van der Waals surface area contributed by atoms with Crippen LogP contribution in [0.4, 0.5) is 5.82 Å². The SMILES string of the molecule is CCC(CC)N(C)c1cc(CN)c(Cl)cn1. The van der Waals surface area contributed by atoms with E-state index in [1.165, 1.54) is 0 Å². The van der Waals surface area contributed by atoms with E-state index in [1.807, 2.05) is 6.07 Å². The van der Waals surface area contributed by atoms with Crippen molar-refractivity contribution in [2.75, 3.05) is 11.9 Å². The second-order valence-electron chi connectivity index (χ2n) is 3.92. The summed E-state index contributed by atoms with van der Waals surface area (Å²) in [6.45, 7) is 4.82. The first-order valence-corrected chi connectivity index (χ1v) is 6.09. The van der Waals surface area contributed by atoms with Crippen molar-refractivity contribution in [3.05, 3.63) is 22.8 Å². The van der Waals surface area contributed by atoms with Crippen LogP contribution < -0.4 is 10.6 Å². The van der Waals surface area contributed by atoms with Crippen LogP contribution in [0.25, 0.3) is 0 Å². The molecule has 0 spiro atoms. The summed E-state index contributed by atoms with van der Waals surface area (Å²) in [5, 5.41) is 0.643. The molecule has 0 bridgehead atoms. The molecule has 3 nitrogen and oxygen atoms in total. The molecule has 0 amide bonds. The molecule has 0 aliphatic carbocycles. The van der Waals surface area contributed by atoms with Gasteiger partial charge in [-0.2, -0.15) is 0 Å². The Morgan fingerprint density at radius 3 is 2.56 bits per heavy atom. The van der Waals surface area contributed by atoms with E-state index in [0.29, 0.717) is 17.6 Å². The first-order valence-electron chi connectivity index (χ1n) is 5.71. The first kappa shape index (κ1) is 13.3. The molecule has 0 unspecified atom stereocenters. The molecule has 0 saturated heterocycles.